The minimum atomic E-state index is 0. The van der Waals surface area contributed by atoms with Gasteiger partial charge in [0, 0.05) is 37.1 Å². The van der Waals surface area contributed by atoms with Crippen molar-refractivity contribution in [1.29, 1.82) is 0 Å². The molecule has 4 N–H and O–H groups in total. The van der Waals surface area contributed by atoms with Gasteiger partial charge in [0.05, 0.1) is 0 Å². The molecular formula is H4O7V2-10. The minimum Gasteiger partial charge on any atom is -2.00 e. The molecule has 0 aliphatic carbocycles. The maximum Gasteiger partial charge on any atom is 0 e. The molecule has 0 fully saturated rings. The Hall–Kier alpha value is 0.889. The molecule has 66 valence electrons. The van der Waals surface area contributed by atoms with Crippen molar-refractivity contribution in [3.05, 3.63) is 0 Å². The monoisotopic (exact) mass is 218 g/mol. The van der Waals surface area contributed by atoms with Crippen molar-refractivity contribution < 1.29 is 75.4 Å². The van der Waals surface area contributed by atoms with E-state index in [1.807, 2.05) is 0 Å². The average molecular weight is 218 g/mol. The minimum absolute atomic E-state index is 0. The Morgan fingerprint density at radius 1 is 0.333 bits per heavy atom. The normalized spacial score (nSPS) is 0. The predicted molar refractivity (Wildman–Crippen MR) is 10.7 cm³/mol. The zero-order valence-electron chi connectivity index (χ0n) is 3.94. The van der Waals surface area contributed by atoms with Gasteiger partial charge in [-0.2, -0.15) is 0 Å². The average Bonchev–Trinajstić information content (AvgIpc) is 0. The van der Waals surface area contributed by atoms with Crippen molar-refractivity contribution in [3.63, 3.8) is 0 Å². The van der Waals surface area contributed by atoms with Gasteiger partial charge in [0.1, 0.15) is 0 Å². The first-order chi connectivity index (χ1) is 0. The van der Waals surface area contributed by atoms with E-state index in [2.05, 4.69) is 0 Å². The second kappa shape index (κ2) is 700. The summed E-state index contributed by atoms with van der Waals surface area (Å²) < 4.78 is 0. The van der Waals surface area contributed by atoms with E-state index in [0.717, 1.165) is 0 Å². The SMILES string of the molecule is O.O.[O-2].[O-2].[O-2].[O-2].[O-2].[V].[V]. The molecule has 0 aromatic heterocycles. The van der Waals surface area contributed by atoms with Crippen molar-refractivity contribution in [2.75, 3.05) is 0 Å². The summed E-state index contributed by atoms with van der Waals surface area (Å²) in [7, 11) is 0. The molecule has 2 radical (unpaired) electrons. The summed E-state index contributed by atoms with van der Waals surface area (Å²) in [5.74, 6) is 0. The van der Waals surface area contributed by atoms with Gasteiger partial charge in [-0.1, -0.05) is 0 Å². The van der Waals surface area contributed by atoms with Gasteiger partial charge in [0.15, 0.2) is 0 Å². The molecule has 0 rings (SSSR count). The van der Waals surface area contributed by atoms with Crippen LogP contribution in [0.25, 0.3) is 0 Å². The third-order valence-corrected chi connectivity index (χ3v) is 0. The smallest absolute Gasteiger partial charge is 0 e. The number of hydrogen-bond acceptors (Lipinski definition) is 0. The fourth-order valence-electron chi connectivity index (χ4n) is 0. The Morgan fingerprint density at radius 2 is 0.333 bits per heavy atom. The van der Waals surface area contributed by atoms with Crippen LogP contribution in [0.15, 0.2) is 0 Å². The molecule has 7 nitrogen and oxygen atoms in total. The molecule has 0 aromatic carbocycles. The summed E-state index contributed by atoms with van der Waals surface area (Å²) in [5, 5.41) is 0. The molecule has 0 amide bonds. The first-order valence-corrected chi connectivity index (χ1v) is 0. The van der Waals surface area contributed by atoms with Crippen LogP contribution >= 0.6 is 0 Å². The molecule has 0 heterocycles. The van der Waals surface area contributed by atoms with Gasteiger partial charge in [0.2, 0.25) is 0 Å². The van der Waals surface area contributed by atoms with Crippen LogP contribution in [0, 0.1) is 0 Å². The van der Waals surface area contributed by atoms with Crippen molar-refractivity contribution in [1.82, 2.24) is 0 Å². The van der Waals surface area contributed by atoms with Crippen LogP contribution in [-0.2, 0) is 64.5 Å². The molecular weight excluding hydrogens is 214 g/mol. The van der Waals surface area contributed by atoms with E-state index in [0.29, 0.717) is 0 Å². The molecule has 0 saturated heterocycles. The van der Waals surface area contributed by atoms with E-state index in [1.54, 1.807) is 0 Å². The van der Waals surface area contributed by atoms with E-state index in [9.17, 15) is 0 Å². The van der Waals surface area contributed by atoms with Crippen LogP contribution in [0.1, 0.15) is 0 Å². The van der Waals surface area contributed by atoms with Gasteiger partial charge in [-0.25, -0.2) is 0 Å². The Morgan fingerprint density at radius 3 is 0.333 bits per heavy atom. The van der Waals surface area contributed by atoms with Crippen LogP contribution < -0.4 is 0 Å². The molecule has 0 saturated carbocycles. The zero-order valence-corrected chi connectivity index (χ0v) is 6.73. The molecule has 0 aliphatic heterocycles. The van der Waals surface area contributed by atoms with Crippen LogP contribution in [0.4, 0.5) is 0 Å². The maximum absolute atomic E-state index is 0. The topological polar surface area (TPSA) is 206 Å². The van der Waals surface area contributed by atoms with Crippen LogP contribution in [0.5, 0.6) is 0 Å². The van der Waals surface area contributed by atoms with Gasteiger partial charge < -0.3 is 38.3 Å². The maximum atomic E-state index is 0. The largest absolute Gasteiger partial charge is 2.00 e. The summed E-state index contributed by atoms with van der Waals surface area (Å²) >= 11 is 0. The van der Waals surface area contributed by atoms with E-state index in [4.69, 9.17) is 0 Å². The van der Waals surface area contributed by atoms with E-state index < -0.39 is 0 Å². The molecule has 0 unspecified atom stereocenters. The molecule has 0 atom stereocenters. The molecule has 0 aromatic rings. The summed E-state index contributed by atoms with van der Waals surface area (Å²) in [4.78, 5) is 0. The molecule has 0 bridgehead atoms. The fourth-order valence-corrected chi connectivity index (χ4v) is 0. The molecule has 0 spiro atoms. The fraction of sp³-hybridized carbons (Fsp3) is 0. The van der Waals surface area contributed by atoms with Gasteiger partial charge in [-0.15, -0.1) is 0 Å². The van der Waals surface area contributed by atoms with E-state index in [1.165, 1.54) is 0 Å². The van der Waals surface area contributed by atoms with Gasteiger partial charge >= 0.3 is 0 Å². The summed E-state index contributed by atoms with van der Waals surface area (Å²) in [6, 6.07) is 0. The first kappa shape index (κ1) is 989. The Bertz CT molecular complexity index is 6.88. The van der Waals surface area contributed by atoms with Crippen molar-refractivity contribution in [2.24, 2.45) is 0 Å². The van der Waals surface area contributed by atoms with Crippen LogP contribution in [0.2, 0.25) is 0 Å². The number of rotatable bonds is 0. The Labute approximate surface area is 75.8 Å². The summed E-state index contributed by atoms with van der Waals surface area (Å²) in [6.45, 7) is 0. The zero-order chi connectivity index (χ0) is 0. The van der Waals surface area contributed by atoms with Crippen molar-refractivity contribution in [2.45, 2.75) is 0 Å². The van der Waals surface area contributed by atoms with Gasteiger partial charge in [0.25, 0.3) is 0 Å². The predicted octanol–water partition coefficient (Wildman–Crippen LogP) is -2.25. The summed E-state index contributed by atoms with van der Waals surface area (Å²) in [5.41, 5.74) is 0. The van der Waals surface area contributed by atoms with E-state index >= 15 is 0 Å². The van der Waals surface area contributed by atoms with Crippen molar-refractivity contribution in [3.8, 4) is 0 Å². The summed E-state index contributed by atoms with van der Waals surface area (Å²) in [6.07, 6.45) is 0. The third-order valence-electron chi connectivity index (χ3n) is 0. The molecule has 9 heteroatoms. The third kappa shape index (κ3) is 534. The first-order valence-electron chi connectivity index (χ1n) is 0. The second-order valence-corrected chi connectivity index (χ2v) is 0. The van der Waals surface area contributed by atoms with Crippen molar-refractivity contribution >= 4 is 0 Å². The van der Waals surface area contributed by atoms with Crippen LogP contribution in [-0.4, -0.2) is 11.0 Å². The van der Waals surface area contributed by atoms with Gasteiger partial charge in [-0.3, -0.25) is 0 Å². The standard InChI is InChI=1S/2H2O.5O.2V/h2*1H2;;;;;;;/q;;5*-2;;. The molecule has 9 heavy (non-hydrogen) atoms. The Kier molecular flexibility index (Phi) is 76900. The number of hydrogen-bond donors (Lipinski definition) is 0. The Balaban J connectivity index is 0. The molecule has 0 aliphatic rings. The van der Waals surface area contributed by atoms with Gasteiger partial charge in [-0.05, 0) is 0 Å². The van der Waals surface area contributed by atoms with E-state index in [-0.39, 0.29) is 75.4 Å². The van der Waals surface area contributed by atoms with Crippen LogP contribution in [0.3, 0.4) is 0 Å². The second-order valence-electron chi connectivity index (χ2n) is 0. The quantitative estimate of drug-likeness (QED) is 0.422.